The molecule has 2 amide bonds. The van der Waals surface area contributed by atoms with E-state index >= 15 is 0 Å². The van der Waals surface area contributed by atoms with E-state index in [2.05, 4.69) is 10.6 Å². The average Bonchev–Trinajstić information content (AvgIpc) is 2.59. The first-order valence-corrected chi connectivity index (χ1v) is 8.04. The van der Waals surface area contributed by atoms with Crippen LogP contribution in [-0.4, -0.2) is 37.6 Å². The van der Waals surface area contributed by atoms with Crippen LogP contribution in [0.15, 0.2) is 24.3 Å². The van der Waals surface area contributed by atoms with Crippen molar-refractivity contribution in [3.63, 3.8) is 0 Å². The summed E-state index contributed by atoms with van der Waals surface area (Å²) in [5.41, 5.74) is 5.97. The molecule has 6 nitrogen and oxygen atoms in total. The Morgan fingerprint density at radius 2 is 1.70 bits per heavy atom. The van der Waals surface area contributed by atoms with Gasteiger partial charge in [0.15, 0.2) is 0 Å². The van der Waals surface area contributed by atoms with E-state index in [0.29, 0.717) is 24.4 Å². The first kappa shape index (κ1) is 17.3. The molecule has 0 radical (unpaired) electrons. The van der Waals surface area contributed by atoms with Crippen molar-refractivity contribution in [2.24, 2.45) is 5.73 Å². The molecule has 1 fully saturated rings. The molecule has 0 spiro atoms. The zero-order valence-electron chi connectivity index (χ0n) is 13.6. The minimum absolute atomic E-state index is 0.115. The summed E-state index contributed by atoms with van der Waals surface area (Å²) in [5.74, 6) is 0.410. The van der Waals surface area contributed by atoms with Gasteiger partial charge < -0.3 is 21.1 Å². The highest BCUT2D eigenvalue weighted by Crippen LogP contribution is 2.25. The third kappa shape index (κ3) is 4.69. The highest BCUT2D eigenvalue weighted by Gasteiger charge is 2.34. The quantitative estimate of drug-likeness (QED) is 0.687. The molecule has 6 heteroatoms. The molecule has 1 aromatic rings. The maximum absolute atomic E-state index is 12.1. The fourth-order valence-corrected chi connectivity index (χ4v) is 2.78. The van der Waals surface area contributed by atoms with Gasteiger partial charge in [-0.15, -0.1) is 0 Å². The average molecular weight is 319 g/mol. The Kier molecular flexibility index (Phi) is 5.98. The van der Waals surface area contributed by atoms with Crippen LogP contribution in [0.4, 0.5) is 0 Å². The molecule has 0 heterocycles. The van der Waals surface area contributed by atoms with Gasteiger partial charge in [-0.25, -0.2) is 0 Å². The lowest BCUT2D eigenvalue weighted by molar-refractivity contribution is -0.127. The van der Waals surface area contributed by atoms with Crippen LogP contribution in [0.3, 0.4) is 0 Å². The van der Waals surface area contributed by atoms with E-state index < -0.39 is 5.54 Å². The Balaban J connectivity index is 1.71. The first-order chi connectivity index (χ1) is 11.0. The van der Waals surface area contributed by atoms with E-state index in [1.165, 1.54) is 0 Å². The van der Waals surface area contributed by atoms with Crippen LogP contribution in [0.1, 0.15) is 42.5 Å². The number of carbonyl (C=O) groups is 2. The molecule has 0 saturated heterocycles. The third-order valence-electron chi connectivity index (χ3n) is 4.25. The van der Waals surface area contributed by atoms with Gasteiger partial charge in [0.2, 0.25) is 5.91 Å². The highest BCUT2D eigenvalue weighted by molar-refractivity contribution is 5.94. The summed E-state index contributed by atoms with van der Waals surface area (Å²) < 4.78 is 5.05. The van der Waals surface area contributed by atoms with Gasteiger partial charge in [-0.1, -0.05) is 19.3 Å². The van der Waals surface area contributed by atoms with Gasteiger partial charge in [0.25, 0.3) is 5.91 Å². The smallest absolute Gasteiger partial charge is 0.251 e. The SMILES string of the molecule is COc1ccc(C(=O)NCCNC(=O)C2(N)CCCCC2)cc1. The predicted molar refractivity (Wildman–Crippen MR) is 88.3 cm³/mol. The zero-order chi connectivity index (χ0) is 16.7. The molecule has 0 bridgehead atoms. The van der Waals surface area contributed by atoms with E-state index in [1.807, 2.05) is 0 Å². The Labute approximate surface area is 136 Å². The van der Waals surface area contributed by atoms with Crippen LogP contribution in [0.2, 0.25) is 0 Å². The molecule has 4 N–H and O–H groups in total. The minimum atomic E-state index is -0.738. The molecule has 126 valence electrons. The fraction of sp³-hybridized carbons (Fsp3) is 0.529. The molecule has 0 aliphatic heterocycles. The van der Waals surface area contributed by atoms with Crippen LogP contribution in [0, 0.1) is 0 Å². The minimum Gasteiger partial charge on any atom is -0.497 e. The summed E-state index contributed by atoms with van der Waals surface area (Å²) in [4.78, 5) is 24.1. The largest absolute Gasteiger partial charge is 0.497 e. The van der Waals surface area contributed by atoms with E-state index in [1.54, 1.807) is 31.4 Å². The summed E-state index contributed by atoms with van der Waals surface area (Å²) in [6.45, 7) is 0.742. The molecule has 0 atom stereocenters. The van der Waals surface area contributed by atoms with E-state index in [0.717, 1.165) is 32.1 Å². The van der Waals surface area contributed by atoms with E-state index in [4.69, 9.17) is 10.5 Å². The number of benzene rings is 1. The zero-order valence-corrected chi connectivity index (χ0v) is 13.6. The van der Waals surface area contributed by atoms with Gasteiger partial charge in [0, 0.05) is 18.7 Å². The Bertz CT molecular complexity index is 537. The molecule has 0 aromatic heterocycles. The molecular formula is C17H25N3O3. The lowest BCUT2D eigenvalue weighted by Gasteiger charge is -2.31. The normalized spacial score (nSPS) is 16.4. The number of hydrogen-bond donors (Lipinski definition) is 3. The number of amides is 2. The number of hydrogen-bond acceptors (Lipinski definition) is 4. The number of carbonyl (C=O) groups excluding carboxylic acids is 2. The number of ether oxygens (including phenoxy) is 1. The fourth-order valence-electron chi connectivity index (χ4n) is 2.78. The number of rotatable bonds is 6. The van der Waals surface area contributed by atoms with Crippen molar-refractivity contribution in [1.82, 2.24) is 10.6 Å². The van der Waals surface area contributed by atoms with Gasteiger partial charge in [-0.3, -0.25) is 9.59 Å². The van der Waals surface area contributed by atoms with Crippen molar-refractivity contribution in [2.45, 2.75) is 37.6 Å². The standard InChI is InChI=1S/C17H25N3O3/c1-23-14-7-5-13(6-8-14)15(21)19-11-12-20-16(22)17(18)9-3-2-4-10-17/h5-8H,2-4,9-12,18H2,1H3,(H,19,21)(H,20,22). The lowest BCUT2D eigenvalue weighted by atomic mass is 9.82. The molecule has 1 saturated carbocycles. The van der Waals surface area contributed by atoms with Crippen molar-refractivity contribution in [3.05, 3.63) is 29.8 Å². The van der Waals surface area contributed by atoms with Crippen LogP contribution in [0.25, 0.3) is 0 Å². The van der Waals surface area contributed by atoms with Crippen LogP contribution >= 0.6 is 0 Å². The summed E-state index contributed by atoms with van der Waals surface area (Å²) in [7, 11) is 1.58. The molecular weight excluding hydrogens is 294 g/mol. The van der Waals surface area contributed by atoms with Crippen molar-refractivity contribution >= 4 is 11.8 Å². The third-order valence-corrected chi connectivity index (χ3v) is 4.25. The summed E-state index contributed by atoms with van der Waals surface area (Å²) >= 11 is 0. The Hall–Kier alpha value is -2.08. The second kappa shape index (κ2) is 7.97. The van der Waals surface area contributed by atoms with Crippen molar-refractivity contribution in [2.75, 3.05) is 20.2 Å². The molecule has 23 heavy (non-hydrogen) atoms. The molecule has 1 aliphatic rings. The number of nitrogens with two attached hydrogens (primary N) is 1. The Morgan fingerprint density at radius 3 is 2.30 bits per heavy atom. The second-order valence-electron chi connectivity index (χ2n) is 5.96. The predicted octanol–water partition coefficient (Wildman–Crippen LogP) is 1.20. The monoisotopic (exact) mass is 319 g/mol. The second-order valence-corrected chi connectivity index (χ2v) is 5.96. The van der Waals surface area contributed by atoms with Gasteiger partial charge in [-0.2, -0.15) is 0 Å². The maximum atomic E-state index is 12.1. The summed E-state index contributed by atoms with van der Waals surface area (Å²) in [6, 6.07) is 6.86. The van der Waals surface area contributed by atoms with Crippen LogP contribution in [-0.2, 0) is 4.79 Å². The first-order valence-electron chi connectivity index (χ1n) is 8.04. The maximum Gasteiger partial charge on any atom is 0.251 e. The highest BCUT2D eigenvalue weighted by atomic mass is 16.5. The molecule has 0 unspecified atom stereocenters. The summed E-state index contributed by atoms with van der Waals surface area (Å²) in [5, 5.41) is 5.59. The van der Waals surface area contributed by atoms with Crippen LogP contribution < -0.4 is 21.1 Å². The topological polar surface area (TPSA) is 93.5 Å². The number of methoxy groups -OCH3 is 1. The Morgan fingerprint density at radius 1 is 1.09 bits per heavy atom. The molecule has 2 rings (SSSR count). The summed E-state index contributed by atoms with van der Waals surface area (Å²) in [6.07, 6.45) is 4.61. The van der Waals surface area contributed by atoms with Gasteiger partial charge in [-0.05, 0) is 37.1 Å². The van der Waals surface area contributed by atoms with Crippen molar-refractivity contribution in [1.29, 1.82) is 0 Å². The number of nitrogens with one attached hydrogen (secondary N) is 2. The van der Waals surface area contributed by atoms with Gasteiger partial charge in [0.1, 0.15) is 5.75 Å². The van der Waals surface area contributed by atoms with Crippen LogP contribution in [0.5, 0.6) is 5.75 Å². The van der Waals surface area contributed by atoms with E-state index in [-0.39, 0.29) is 11.8 Å². The van der Waals surface area contributed by atoms with Gasteiger partial charge in [0.05, 0.1) is 12.6 Å². The molecule has 1 aliphatic carbocycles. The lowest BCUT2D eigenvalue weighted by Crippen LogP contribution is -2.55. The van der Waals surface area contributed by atoms with E-state index in [9.17, 15) is 9.59 Å². The van der Waals surface area contributed by atoms with Crippen molar-refractivity contribution < 1.29 is 14.3 Å². The van der Waals surface area contributed by atoms with Crippen molar-refractivity contribution in [3.8, 4) is 5.75 Å². The van der Waals surface area contributed by atoms with Gasteiger partial charge >= 0.3 is 0 Å². The molecule has 1 aromatic carbocycles.